The van der Waals surface area contributed by atoms with Crippen molar-refractivity contribution in [2.45, 2.75) is 6.92 Å². The zero-order chi connectivity index (χ0) is 20.0. The lowest BCUT2D eigenvalue weighted by atomic mass is 10.1. The summed E-state index contributed by atoms with van der Waals surface area (Å²) in [7, 11) is 1.63. The van der Waals surface area contributed by atoms with E-state index in [0.29, 0.717) is 22.6 Å². The zero-order valence-electron chi connectivity index (χ0n) is 16.0. The van der Waals surface area contributed by atoms with Crippen LogP contribution < -0.4 is 10.3 Å². The molecule has 3 heterocycles. The SMILES string of the molecule is COc1ccc(-c2nc3cc(C)ccn3c2-c2nc3ccccc3[nH]c2=O)cc1. The Balaban J connectivity index is 1.84. The lowest BCUT2D eigenvalue weighted by molar-refractivity contribution is 0.415. The number of imidazole rings is 1. The van der Waals surface area contributed by atoms with Gasteiger partial charge >= 0.3 is 0 Å². The highest BCUT2D eigenvalue weighted by molar-refractivity contribution is 5.83. The monoisotopic (exact) mass is 382 g/mol. The Morgan fingerprint density at radius 3 is 2.55 bits per heavy atom. The fourth-order valence-corrected chi connectivity index (χ4v) is 3.51. The van der Waals surface area contributed by atoms with Crippen molar-refractivity contribution in [3.05, 3.63) is 82.8 Å². The highest BCUT2D eigenvalue weighted by Gasteiger charge is 2.20. The lowest BCUT2D eigenvalue weighted by Crippen LogP contribution is -2.13. The Hall–Kier alpha value is -3.93. The van der Waals surface area contributed by atoms with Crippen molar-refractivity contribution in [3.63, 3.8) is 0 Å². The van der Waals surface area contributed by atoms with Crippen molar-refractivity contribution >= 4 is 16.7 Å². The number of pyridine rings is 1. The van der Waals surface area contributed by atoms with Crippen LogP contribution >= 0.6 is 0 Å². The Morgan fingerprint density at radius 2 is 1.76 bits per heavy atom. The molecule has 6 heteroatoms. The number of aromatic nitrogens is 4. The summed E-state index contributed by atoms with van der Waals surface area (Å²) in [6.07, 6.45) is 1.93. The topological polar surface area (TPSA) is 72.3 Å². The smallest absolute Gasteiger partial charge is 0.276 e. The van der Waals surface area contributed by atoms with Crippen molar-refractivity contribution in [1.29, 1.82) is 0 Å². The van der Waals surface area contributed by atoms with Crippen LogP contribution in [0.1, 0.15) is 5.56 Å². The first-order valence-corrected chi connectivity index (χ1v) is 9.26. The Kier molecular flexibility index (Phi) is 3.91. The Labute approximate surface area is 166 Å². The van der Waals surface area contributed by atoms with Gasteiger partial charge in [-0.2, -0.15) is 0 Å². The molecule has 0 saturated carbocycles. The van der Waals surface area contributed by atoms with E-state index in [4.69, 9.17) is 9.72 Å². The number of para-hydroxylation sites is 2. The van der Waals surface area contributed by atoms with Crippen molar-refractivity contribution in [3.8, 4) is 28.4 Å². The first-order chi connectivity index (χ1) is 14.1. The second-order valence-corrected chi connectivity index (χ2v) is 6.90. The molecule has 6 nitrogen and oxygen atoms in total. The number of aryl methyl sites for hydroxylation is 1. The molecule has 0 aliphatic heterocycles. The molecule has 3 aromatic heterocycles. The molecule has 2 aromatic carbocycles. The number of H-pyrrole nitrogens is 1. The van der Waals surface area contributed by atoms with Crippen molar-refractivity contribution < 1.29 is 4.74 Å². The standard InChI is InChI=1S/C23H18N4O2/c1-14-11-12-27-19(13-14)26-20(15-7-9-16(29-2)10-8-15)22(27)21-23(28)25-18-6-4-3-5-17(18)24-21/h3-13H,1-2H3,(H,25,28). The number of benzene rings is 2. The third kappa shape index (κ3) is 2.86. The summed E-state index contributed by atoms with van der Waals surface area (Å²) in [6, 6.07) is 19.1. The number of aromatic amines is 1. The summed E-state index contributed by atoms with van der Waals surface area (Å²) in [6.45, 7) is 2.02. The van der Waals surface area contributed by atoms with Gasteiger partial charge in [0.25, 0.3) is 5.56 Å². The molecule has 0 amide bonds. The molecule has 0 radical (unpaired) electrons. The van der Waals surface area contributed by atoms with E-state index in [2.05, 4.69) is 9.97 Å². The van der Waals surface area contributed by atoms with Crippen molar-refractivity contribution in [1.82, 2.24) is 19.4 Å². The van der Waals surface area contributed by atoms with Crippen LogP contribution in [0.15, 0.2) is 71.7 Å². The molecule has 5 rings (SSSR count). The predicted molar refractivity (Wildman–Crippen MR) is 113 cm³/mol. The molecule has 0 aliphatic carbocycles. The Morgan fingerprint density at radius 1 is 0.966 bits per heavy atom. The van der Waals surface area contributed by atoms with Gasteiger partial charge in [0.05, 0.1) is 23.8 Å². The van der Waals surface area contributed by atoms with Gasteiger partial charge < -0.3 is 9.72 Å². The number of hydrogen-bond acceptors (Lipinski definition) is 4. The van der Waals surface area contributed by atoms with Gasteiger partial charge in [0, 0.05) is 11.8 Å². The molecule has 29 heavy (non-hydrogen) atoms. The summed E-state index contributed by atoms with van der Waals surface area (Å²) < 4.78 is 7.18. The number of methoxy groups -OCH3 is 1. The normalized spacial score (nSPS) is 11.2. The average Bonchev–Trinajstić information content (AvgIpc) is 3.11. The fraction of sp³-hybridized carbons (Fsp3) is 0.0870. The van der Waals surface area contributed by atoms with E-state index < -0.39 is 0 Å². The third-order valence-electron chi connectivity index (χ3n) is 4.97. The third-order valence-corrected chi connectivity index (χ3v) is 4.97. The van der Waals surface area contributed by atoms with E-state index in [0.717, 1.165) is 28.0 Å². The molecule has 0 fully saturated rings. The van der Waals surface area contributed by atoms with E-state index in [1.54, 1.807) is 7.11 Å². The van der Waals surface area contributed by atoms with Crippen molar-refractivity contribution in [2.75, 3.05) is 7.11 Å². The first kappa shape index (κ1) is 17.2. The van der Waals surface area contributed by atoms with E-state index in [1.807, 2.05) is 78.2 Å². The number of hydrogen-bond donors (Lipinski definition) is 1. The number of nitrogens with zero attached hydrogens (tertiary/aromatic N) is 3. The quantitative estimate of drug-likeness (QED) is 0.507. The van der Waals surface area contributed by atoms with Crippen LogP contribution in [-0.4, -0.2) is 26.5 Å². The molecule has 0 saturated heterocycles. The maximum absolute atomic E-state index is 12.9. The fourth-order valence-electron chi connectivity index (χ4n) is 3.51. The van der Waals surface area contributed by atoms with Crippen LogP contribution in [-0.2, 0) is 0 Å². The molecule has 5 aromatic rings. The summed E-state index contributed by atoms with van der Waals surface area (Å²) in [5, 5.41) is 0. The Bertz CT molecular complexity index is 1420. The summed E-state index contributed by atoms with van der Waals surface area (Å²) in [5.74, 6) is 0.761. The number of rotatable bonds is 3. The van der Waals surface area contributed by atoms with E-state index >= 15 is 0 Å². The van der Waals surface area contributed by atoms with Gasteiger partial charge in [0.1, 0.15) is 17.1 Å². The van der Waals surface area contributed by atoms with Crippen LogP contribution in [0.25, 0.3) is 39.3 Å². The molecule has 0 aliphatic rings. The molecule has 0 bridgehead atoms. The number of ether oxygens (including phenoxy) is 1. The maximum Gasteiger partial charge on any atom is 0.276 e. The average molecular weight is 382 g/mol. The van der Waals surface area contributed by atoms with Crippen LogP contribution in [0, 0.1) is 6.92 Å². The summed E-state index contributed by atoms with van der Waals surface area (Å²) in [5.41, 5.74) is 5.63. The molecule has 0 atom stereocenters. The van der Waals surface area contributed by atoms with Gasteiger partial charge in [-0.05, 0) is 61.0 Å². The molecular formula is C23H18N4O2. The molecule has 1 N–H and O–H groups in total. The highest BCUT2D eigenvalue weighted by atomic mass is 16.5. The van der Waals surface area contributed by atoms with Gasteiger partial charge in [-0.3, -0.25) is 9.20 Å². The molecule has 0 spiro atoms. The van der Waals surface area contributed by atoms with Gasteiger partial charge in [-0.15, -0.1) is 0 Å². The van der Waals surface area contributed by atoms with Crippen LogP contribution in [0.3, 0.4) is 0 Å². The van der Waals surface area contributed by atoms with Gasteiger partial charge in [0.15, 0.2) is 5.69 Å². The van der Waals surface area contributed by atoms with Gasteiger partial charge in [-0.1, -0.05) is 12.1 Å². The van der Waals surface area contributed by atoms with Crippen LogP contribution in [0.5, 0.6) is 5.75 Å². The second-order valence-electron chi connectivity index (χ2n) is 6.90. The summed E-state index contributed by atoms with van der Waals surface area (Å²) in [4.78, 5) is 25.4. The number of nitrogens with one attached hydrogen (secondary N) is 1. The number of fused-ring (bicyclic) bond motifs is 2. The minimum atomic E-state index is -0.249. The zero-order valence-corrected chi connectivity index (χ0v) is 16.0. The van der Waals surface area contributed by atoms with Crippen LogP contribution in [0.2, 0.25) is 0 Å². The first-order valence-electron chi connectivity index (χ1n) is 9.26. The van der Waals surface area contributed by atoms with Gasteiger partial charge in [0.2, 0.25) is 0 Å². The second kappa shape index (κ2) is 6.60. The minimum Gasteiger partial charge on any atom is -0.497 e. The van der Waals surface area contributed by atoms with E-state index in [-0.39, 0.29) is 5.56 Å². The molecular weight excluding hydrogens is 364 g/mol. The van der Waals surface area contributed by atoms with E-state index in [9.17, 15) is 4.79 Å². The van der Waals surface area contributed by atoms with Gasteiger partial charge in [-0.25, -0.2) is 9.97 Å². The highest BCUT2D eigenvalue weighted by Crippen LogP contribution is 2.32. The van der Waals surface area contributed by atoms with E-state index in [1.165, 1.54) is 0 Å². The largest absolute Gasteiger partial charge is 0.497 e. The molecule has 142 valence electrons. The summed E-state index contributed by atoms with van der Waals surface area (Å²) >= 11 is 0. The predicted octanol–water partition coefficient (Wildman–Crippen LogP) is 4.22. The molecule has 0 unspecified atom stereocenters. The lowest BCUT2D eigenvalue weighted by Gasteiger charge is -2.07. The van der Waals surface area contributed by atoms with Crippen LogP contribution in [0.4, 0.5) is 0 Å². The minimum absolute atomic E-state index is 0.249. The van der Waals surface area contributed by atoms with Crippen molar-refractivity contribution in [2.24, 2.45) is 0 Å². The maximum atomic E-state index is 12.9.